The number of ether oxygens (including phenoxy) is 2. The van der Waals surface area contributed by atoms with Crippen molar-refractivity contribution in [1.29, 1.82) is 0 Å². The second kappa shape index (κ2) is 6.89. The van der Waals surface area contributed by atoms with Crippen LogP contribution in [0.1, 0.15) is 18.4 Å². The highest BCUT2D eigenvalue weighted by Gasteiger charge is 2.19. The van der Waals surface area contributed by atoms with Gasteiger partial charge < -0.3 is 14.8 Å². The van der Waals surface area contributed by atoms with Gasteiger partial charge in [0.05, 0.1) is 12.6 Å². The standard InChI is InChI=1S/C14H17NO4/c16-13-10-18-9-12(15-13)6-7-14(17)19-8-11-4-2-1-3-5-11/h1-5,12H,6-10H2,(H,15,16). The van der Waals surface area contributed by atoms with Crippen LogP contribution in [0, 0.1) is 0 Å². The molecule has 1 saturated heterocycles. The van der Waals surface area contributed by atoms with Crippen LogP contribution in [0.5, 0.6) is 0 Å². The number of carbonyl (C=O) groups is 2. The maximum Gasteiger partial charge on any atom is 0.306 e. The van der Waals surface area contributed by atoms with Crippen molar-refractivity contribution in [3.05, 3.63) is 35.9 Å². The molecule has 1 N–H and O–H groups in total. The fraction of sp³-hybridized carbons (Fsp3) is 0.429. The van der Waals surface area contributed by atoms with E-state index >= 15 is 0 Å². The van der Waals surface area contributed by atoms with Crippen LogP contribution in [0.4, 0.5) is 0 Å². The summed E-state index contributed by atoms with van der Waals surface area (Å²) in [6.07, 6.45) is 0.820. The maximum absolute atomic E-state index is 11.6. The van der Waals surface area contributed by atoms with Gasteiger partial charge in [0, 0.05) is 6.42 Å². The zero-order valence-electron chi connectivity index (χ0n) is 10.6. The van der Waals surface area contributed by atoms with Crippen molar-refractivity contribution in [3.63, 3.8) is 0 Å². The molecule has 5 nitrogen and oxygen atoms in total. The van der Waals surface area contributed by atoms with Crippen LogP contribution in [0.2, 0.25) is 0 Å². The van der Waals surface area contributed by atoms with Crippen molar-refractivity contribution in [1.82, 2.24) is 5.32 Å². The first-order valence-electron chi connectivity index (χ1n) is 6.30. The zero-order chi connectivity index (χ0) is 13.5. The van der Waals surface area contributed by atoms with Crippen LogP contribution in [0.3, 0.4) is 0 Å². The van der Waals surface area contributed by atoms with E-state index < -0.39 is 0 Å². The number of hydrogen-bond acceptors (Lipinski definition) is 4. The fourth-order valence-electron chi connectivity index (χ4n) is 1.86. The molecule has 5 heteroatoms. The topological polar surface area (TPSA) is 64.6 Å². The van der Waals surface area contributed by atoms with Crippen LogP contribution in [-0.4, -0.2) is 31.1 Å². The van der Waals surface area contributed by atoms with Crippen molar-refractivity contribution in [2.75, 3.05) is 13.2 Å². The lowest BCUT2D eigenvalue weighted by Crippen LogP contribution is -2.45. The van der Waals surface area contributed by atoms with E-state index in [4.69, 9.17) is 9.47 Å². The Hall–Kier alpha value is -1.88. The molecule has 1 aromatic rings. The molecule has 0 spiro atoms. The van der Waals surface area contributed by atoms with E-state index in [1.807, 2.05) is 30.3 Å². The number of rotatable bonds is 5. The first kappa shape index (κ1) is 13.5. The number of amides is 1. The van der Waals surface area contributed by atoms with Crippen LogP contribution in [-0.2, 0) is 25.7 Å². The number of hydrogen-bond donors (Lipinski definition) is 1. The third-order valence-electron chi connectivity index (χ3n) is 2.86. The smallest absolute Gasteiger partial charge is 0.306 e. The number of nitrogens with one attached hydrogen (secondary N) is 1. The monoisotopic (exact) mass is 263 g/mol. The lowest BCUT2D eigenvalue weighted by atomic mass is 10.1. The lowest BCUT2D eigenvalue weighted by Gasteiger charge is -2.22. The Labute approximate surface area is 111 Å². The number of benzene rings is 1. The molecular formula is C14H17NO4. The van der Waals surface area contributed by atoms with E-state index in [1.54, 1.807) is 0 Å². The van der Waals surface area contributed by atoms with Gasteiger partial charge in [0.15, 0.2) is 0 Å². The van der Waals surface area contributed by atoms with Gasteiger partial charge in [-0.3, -0.25) is 9.59 Å². The first-order valence-corrected chi connectivity index (χ1v) is 6.30. The third-order valence-corrected chi connectivity index (χ3v) is 2.86. The summed E-state index contributed by atoms with van der Waals surface area (Å²) in [5.74, 6) is -0.391. The Morgan fingerprint density at radius 3 is 2.89 bits per heavy atom. The number of carbonyl (C=O) groups excluding carboxylic acids is 2. The molecule has 1 amide bonds. The summed E-state index contributed by atoms with van der Waals surface area (Å²) in [6.45, 7) is 0.847. The van der Waals surface area contributed by atoms with Gasteiger partial charge in [-0.05, 0) is 12.0 Å². The minimum atomic E-state index is -0.260. The maximum atomic E-state index is 11.6. The molecule has 1 aliphatic rings. The molecule has 0 aromatic heterocycles. The average molecular weight is 263 g/mol. The Bertz CT molecular complexity index is 432. The van der Waals surface area contributed by atoms with Gasteiger partial charge in [-0.1, -0.05) is 30.3 Å². The molecule has 0 saturated carbocycles. The largest absolute Gasteiger partial charge is 0.461 e. The highest BCUT2D eigenvalue weighted by Crippen LogP contribution is 2.06. The third kappa shape index (κ3) is 4.71. The number of esters is 1. The van der Waals surface area contributed by atoms with Gasteiger partial charge in [0.2, 0.25) is 5.91 Å². The normalized spacial score (nSPS) is 18.7. The van der Waals surface area contributed by atoms with Gasteiger partial charge >= 0.3 is 5.97 Å². The summed E-state index contributed by atoms with van der Waals surface area (Å²) < 4.78 is 10.2. The van der Waals surface area contributed by atoms with Crippen molar-refractivity contribution in [2.24, 2.45) is 0 Å². The SMILES string of the molecule is O=C1COCC(CCC(=O)OCc2ccccc2)N1. The minimum Gasteiger partial charge on any atom is -0.461 e. The first-order chi connectivity index (χ1) is 9.24. The highest BCUT2D eigenvalue weighted by atomic mass is 16.5. The van der Waals surface area contributed by atoms with E-state index in [-0.39, 0.29) is 37.6 Å². The summed E-state index contributed by atoms with van der Waals surface area (Å²) in [6, 6.07) is 9.43. The van der Waals surface area contributed by atoms with E-state index in [9.17, 15) is 9.59 Å². The molecule has 0 aliphatic carbocycles. The van der Waals surface area contributed by atoms with Gasteiger partial charge in [0.1, 0.15) is 13.2 Å². The summed E-state index contributed by atoms with van der Waals surface area (Å²) >= 11 is 0. The van der Waals surface area contributed by atoms with Gasteiger partial charge in [-0.2, -0.15) is 0 Å². The highest BCUT2D eigenvalue weighted by molar-refractivity contribution is 5.78. The van der Waals surface area contributed by atoms with Gasteiger partial charge in [0.25, 0.3) is 0 Å². The van der Waals surface area contributed by atoms with Crippen molar-refractivity contribution < 1.29 is 19.1 Å². The minimum absolute atomic E-state index is 0.0921. The molecule has 2 rings (SSSR count). The lowest BCUT2D eigenvalue weighted by molar-refractivity contribution is -0.146. The quantitative estimate of drug-likeness (QED) is 0.806. The molecular weight excluding hydrogens is 246 g/mol. The van der Waals surface area contributed by atoms with Gasteiger partial charge in [-0.25, -0.2) is 0 Å². The van der Waals surface area contributed by atoms with E-state index in [2.05, 4.69) is 5.32 Å². The zero-order valence-corrected chi connectivity index (χ0v) is 10.6. The van der Waals surface area contributed by atoms with Crippen LogP contribution in [0.15, 0.2) is 30.3 Å². The Kier molecular flexibility index (Phi) is 4.92. The molecule has 0 bridgehead atoms. The Morgan fingerprint density at radius 1 is 1.37 bits per heavy atom. The van der Waals surface area contributed by atoms with Crippen LogP contribution >= 0.6 is 0 Å². The molecule has 1 aromatic carbocycles. The van der Waals surface area contributed by atoms with Crippen molar-refractivity contribution in [2.45, 2.75) is 25.5 Å². The van der Waals surface area contributed by atoms with Crippen molar-refractivity contribution in [3.8, 4) is 0 Å². The van der Waals surface area contributed by atoms with Gasteiger partial charge in [-0.15, -0.1) is 0 Å². The number of morpholine rings is 1. The van der Waals surface area contributed by atoms with E-state index in [0.717, 1.165) is 5.56 Å². The van der Waals surface area contributed by atoms with Crippen LogP contribution < -0.4 is 5.32 Å². The van der Waals surface area contributed by atoms with Crippen molar-refractivity contribution >= 4 is 11.9 Å². The molecule has 1 fully saturated rings. The Balaban J connectivity index is 1.66. The summed E-state index contributed by atoms with van der Waals surface area (Å²) in [5.41, 5.74) is 0.963. The second-order valence-electron chi connectivity index (χ2n) is 4.46. The average Bonchev–Trinajstić information content (AvgIpc) is 2.44. The molecule has 19 heavy (non-hydrogen) atoms. The van der Waals surface area contributed by atoms with Crippen LogP contribution in [0.25, 0.3) is 0 Å². The predicted octanol–water partition coefficient (Wildman–Crippen LogP) is 1.02. The molecule has 0 radical (unpaired) electrons. The predicted molar refractivity (Wildman–Crippen MR) is 68.2 cm³/mol. The summed E-state index contributed by atoms with van der Waals surface area (Å²) in [4.78, 5) is 22.6. The van der Waals surface area contributed by atoms with E-state index in [0.29, 0.717) is 13.0 Å². The molecule has 1 heterocycles. The fourth-order valence-corrected chi connectivity index (χ4v) is 1.86. The summed E-state index contributed by atoms with van der Waals surface area (Å²) in [7, 11) is 0. The summed E-state index contributed by atoms with van der Waals surface area (Å²) in [5, 5.41) is 2.77. The van der Waals surface area contributed by atoms with E-state index in [1.165, 1.54) is 0 Å². The molecule has 102 valence electrons. The molecule has 1 aliphatic heterocycles. The Morgan fingerprint density at radius 2 is 2.16 bits per heavy atom. The molecule has 1 unspecified atom stereocenters. The second-order valence-corrected chi connectivity index (χ2v) is 4.46. The molecule has 1 atom stereocenters.